The topological polar surface area (TPSA) is 55.1 Å². The molecule has 2 rings (SSSR count). The summed E-state index contributed by atoms with van der Waals surface area (Å²) in [6, 6.07) is 5.58. The van der Waals surface area contributed by atoms with Crippen LogP contribution in [0.4, 0.5) is 5.69 Å². The zero-order chi connectivity index (χ0) is 13.8. The monoisotopic (exact) mass is 296 g/mol. The molecule has 5 heteroatoms. The van der Waals surface area contributed by atoms with E-state index in [1.807, 2.05) is 12.1 Å². The number of nitrogen functional groups attached to an aromatic ring is 1. The number of amides is 1. The van der Waals surface area contributed by atoms with Crippen LogP contribution in [0.15, 0.2) is 18.2 Å². The standard InChI is InChI=1S/C14H17ClN2OS/c1-2-3-4-8-17-14(18)13-12(16)11-9(15)6-5-7-10(11)19-13/h5-7H,2-4,8,16H2,1H3,(H,17,18). The number of carbonyl (C=O) groups is 1. The predicted octanol–water partition coefficient (Wildman–Crippen LogP) is 4.06. The van der Waals surface area contributed by atoms with Gasteiger partial charge in [-0.2, -0.15) is 0 Å². The number of carbonyl (C=O) groups excluding carboxylic acids is 1. The van der Waals surface area contributed by atoms with Gasteiger partial charge in [-0.25, -0.2) is 0 Å². The number of thiophene rings is 1. The van der Waals surface area contributed by atoms with Crippen LogP contribution in [0.2, 0.25) is 5.02 Å². The summed E-state index contributed by atoms with van der Waals surface area (Å²) in [7, 11) is 0. The van der Waals surface area contributed by atoms with Crippen LogP contribution in [0, 0.1) is 0 Å². The van der Waals surface area contributed by atoms with Crippen molar-refractivity contribution in [1.82, 2.24) is 5.32 Å². The summed E-state index contributed by atoms with van der Waals surface area (Å²) < 4.78 is 0.948. The normalized spacial score (nSPS) is 10.8. The molecule has 0 spiro atoms. The average Bonchev–Trinajstić information content (AvgIpc) is 2.73. The van der Waals surface area contributed by atoms with Crippen molar-refractivity contribution >= 4 is 44.6 Å². The van der Waals surface area contributed by atoms with Crippen LogP contribution in [-0.4, -0.2) is 12.5 Å². The Hall–Kier alpha value is -1.26. The van der Waals surface area contributed by atoms with E-state index >= 15 is 0 Å². The number of hydrogen-bond donors (Lipinski definition) is 2. The first-order chi connectivity index (χ1) is 9.15. The molecule has 1 aromatic carbocycles. The Balaban J connectivity index is 2.18. The SMILES string of the molecule is CCCCCNC(=O)c1sc2cccc(Cl)c2c1N. The molecule has 102 valence electrons. The average molecular weight is 297 g/mol. The molecular weight excluding hydrogens is 280 g/mol. The Kier molecular flexibility index (Phi) is 4.66. The summed E-state index contributed by atoms with van der Waals surface area (Å²) in [5.74, 6) is -0.106. The first-order valence-corrected chi connectivity index (χ1v) is 7.59. The van der Waals surface area contributed by atoms with Gasteiger partial charge in [-0.3, -0.25) is 4.79 Å². The number of fused-ring (bicyclic) bond motifs is 1. The van der Waals surface area contributed by atoms with Crippen LogP contribution in [0.3, 0.4) is 0 Å². The van der Waals surface area contributed by atoms with Gasteiger partial charge in [-0.15, -0.1) is 11.3 Å². The number of unbranched alkanes of at least 4 members (excludes halogenated alkanes) is 2. The number of nitrogens with one attached hydrogen (secondary N) is 1. The molecule has 1 heterocycles. The van der Waals surface area contributed by atoms with Gasteiger partial charge in [0, 0.05) is 16.6 Å². The van der Waals surface area contributed by atoms with Gasteiger partial charge in [0.1, 0.15) is 4.88 Å². The third-order valence-corrected chi connectivity index (χ3v) is 4.46. The summed E-state index contributed by atoms with van der Waals surface area (Å²) in [4.78, 5) is 12.6. The third-order valence-electron chi connectivity index (χ3n) is 2.97. The maximum Gasteiger partial charge on any atom is 0.263 e. The lowest BCUT2D eigenvalue weighted by Crippen LogP contribution is -2.24. The van der Waals surface area contributed by atoms with Crippen molar-refractivity contribution in [3.8, 4) is 0 Å². The summed E-state index contributed by atoms with van der Waals surface area (Å²) in [6.07, 6.45) is 3.25. The van der Waals surface area contributed by atoms with Gasteiger partial charge in [0.15, 0.2) is 0 Å². The molecule has 0 aliphatic heterocycles. The zero-order valence-electron chi connectivity index (χ0n) is 10.8. The van der Waals surface area contributed by atoms with Crippen molar-refractivity contribution < 1.29 is 4.79 Å². The van der Waals surface area contributed by atoms with E-state index in [9.17, 15) is 4.79 Å². The van der Waals surface area contributed by atoms with Gasteiger partial charge in [0.2, 0.25) is 0 Å². The Labute approximate surface area is 121 Å². The van der Waals surface area contributed by atoms with E-state index < -0.39 is 0 Å². The van der Waals surface area contributed by atoms with Crippen molar-refractivity contribution in [1.29, 1.82) is 0 Å². The van der Waals surface area contributed by atoms with Gasteiger partial charge in [0.25, 0.3) is 5.91 Å². The van der Waals surface area contributed by atoms with E-state index in [1.54, 1.807) is 6.07 Å². The number of rotatable bonds is 5. The smallest absolute Gasteiger partial charge is 0.263 e. The van der Waals surface area contributed by atoms with Crippen molar-refractivity contribution in [3.05, 3.63) is 28.1 Å². The van der Waals surface area contributed by atoms with E-state index in [1.165, 1.54) is 11.3 Å². The molecule has 1 amide bonds. The highest BCUT2D eigenvalue weighted by Crippen LogP contribution is 2.37. The highest BCUT2D eigenvalue weighted by Gasteiger charge is 2.17. The molecule has 0 fully saturated rings. The predicted molar refractivity (Wildman–Crippen MR) is 83.1 cm³/mol. The molecule has 2 aromatic rings. The maximum absolute atomic E-state index is 12.1. The Morgan fingerprint density at radius 3 is 2.89 bits per heavy atom. The molecule has 1 aromatic heterocycles. The van der Waals surface area contributed by atoms with Crippen LogP contribution < -0.4 is 11.1 Å². The van der Waals surface area contributed by atoms with E-state index in [-0.39, 0.29) is 5.91 Å². The van der Waals surface area contributed by atoms with Gasteiger partial charge in [-0.05, 0) is 18.6 Å². The van der Waals surface area contributed by atoms with E-state index in [0.717, 1.165) is 29.3 Å². The zero-order valence-corrected chi connectivity index (χ0v) is 12.4. The molecule has 0 radical (unpaired) electrons. The highest BCUT2D eigenvalue weighted by molar-refractivity contribution is 7.21. The summed E-state index contributed by atoms with van der Waals surface area (Å²) in [5.41, 5.74) is 6.52. The van der Waals surface area contributed by atoms with Gasteiger partial charge in [-0.1, -0.05) is 37.4 Å². The van der Waals surface area contributed by atoms with Crippen LogP contribution >= 0.6 is 22.9 Å². The number of hydrogen-bond acceptors (Lipinski definition) is 3. The molecule has 0 atom stereocenters. The minimum Gasteiger partial charge on any atom is -0.397 e. The fraction of sp³-hybridized carbons (Fsp3) is 0.357. The fourth-order valence-electron chi connectivity index (χ4n) is 1.96. The molecule has 0 bridgehead atoms. The van der Waals surface area contributed by atoms with E-state index in [2.05, 4.69) is 12.2 Å². The minimum atomic E-state index is -0.106. The molecule has 0 aliphatic carbocycles. The Morgan fingerprint density at radius 2 is 2.21 bits per heavy atom. The second-order valence-corrected chi connectivity index (χ2v) is 5.88. The van der Waals surface area contributed by atoms with Crippen LogP contribution in [0.25, 0.3) is 10.1 Å². The number of nitrogens with two attached hydrogens (primary N) is 1. The molecule has 3 N–H and O–H groups in total. The lowest BCUT2D eigenvalue weighted by molar-refractivity contribution is 0.0958. The molecule has 0 saturated heterocycles. The van der Waals surface area contributed by atoms with E-state index in [0.29, 0.717) is 22.1 Å². The van der Waals surface area contributed by atoms with Crippen LogP contribution in [0.1, 0.15) is 35.9 Å². The lowest BCUT2D eigenvalue weighted by Gasteiger charge is -2.03. The quantitative estimate of drug-likeness (QED) is 0.818. The molecule has 0 aliphatic rings. The lowest BCUT2D eigenvalue weighted by atomic mass is 10.2. The van der Waals surface area contributed by atoms with Gasteiger partial charge >= 0.3 is 0 Å². The molecule has 0 unspecified atom stereocenters. The third kappa shape index (κ3) is 3.01. The summed E-state index contributed by atoms with van der Waals surface area (Å²) in [6.45, 7) is 2.82. The molecule has 0 saturated carbocycles. The first-order valence-electron chi connectivity index (χ1n) is 6.39. The molecule has 19 heavy (non-hydrogen) atoms. The highest BCUT2D eigenvalue weighted by atomic mass is 35.5. The first kappa shape index (κ1) is 14.2. The number of halogens is 1. The van der Waals surface area contributed by atoms with Crippen molar-refractivity contribution in [3.63, 3.8) is 0 Å². The number of benzene rings is 1. The largest absolute Gasteiger partial charge is 0.397 e. The minimum absolute atomic E-state index is 0.106. The van der Waals surface area contributed by atoms with Crippen molar-refractivity contribution in [2.24, 2.45) is 0 Å². The molecule has 3 nitrogen and oxygen atoms in total. The molecular formula is C14H17ClN2OS. The maximum atomic E-state index is 12.1. The van der Waals surface area contributed by atoms with Gasteiger partial charge in [0.05, 0.1) is 10.7 Å². The van der Waals surface area contributed by atoms with Crippen molar-refractivity contribution in [2.45, 2.75) is 26.2 Å². The number of anilines is 1. The Morgan fingerprint density at radius 1 is 1.42 bits per heavy atom. The summed E-state index contributed by atoms with van der Waals surface area (Å²) in [5, 5.41) is 4.28. The van der Waals surface area contributed by atoms with Crippen LogP contribution in [-0.2, 0) is 0 Å². The second-order valence-electron chi connectivity index (χ2n) is 4.42. The Bertz CT molecular complexity index is 594. The second kappa shape index (κ2) is 6.26. The van der Waals surface area contributed by atoms with Gasteiger partial charge < -0.3 is 11.1 Å². The van der Waals surface area contributed by atoms with Crippen molar-refractivity contribution in [2.75, 3.05) is 12.3 Å². The van der Waals surface area contributed by atoms with E-state index in [4.69, 9.17) is 17.3 Å². The van der Waals surface area contributed by atoms with Crippen LogP contribution in [0.5, 0.6) is 0 Å². The summed E-state index contributed by atoms with van der Waals surface area (Å²) >= 11 is 7.51. The fourth-order valence-corrected chi connectivity index (χ4v) is 3.35.